The number of benzene rings is 2. The molecule has 0 atom stereocenters. The van der Waals surface area contributed by atoms with Gasteiger partial charge in [-0.25, -0.2) is 4.98 Å². The molecule has 0 bridgehead atoms. The van der Waals surface area contributed by atoms with Crippen LogP contribution in [0.5, 0.6) is 0 Å². The summed E-state index contributed by atoms with van der Waals surface area (Å²) in [5, 5.41) is 0. The lowest BCUT2D eigenvalue weighted by Crippen LogP contribution is -2.30. The molecule has 5 heteroatoms. The first-order chi connectivity index (χ1) is 13.6. The number of hydrogen-bond donors (Lipinski definition) is 0. The number of oxazole rings is 1. The number of aromatic nitrogens is 1. The summed E-state index contributed by atoms with van der Waals surface area (Å²) < 4.78 is 5.80. The Morgan fingerprint density at radius 3 is 2.39 bits per heavy atom. The van der Waals surface area contributed by atoms with E-state index in [9.17, 15) is 4.79 Å². The highest BCUT2D eigenvalue weighted by atomic mass is 16.4. The van der Waals surface area contributed by atoms with Crippen molar-refractivity contribution in [1.82, 2.24) is 9.88 Å². The van der Waals surface area contributed by atoms with Crippen LogP contribution in [0.25, 0.3) is 11.3 Å². The van der Waals surface area contributed by atoms with E-state index < -0.39 is 0 Å². The number of amides is 1. The van der Waals surface area contributed by atoms with Gasteiger partial charge in [-0.3, -0.25) is 4.79 Å². The van der Waals surface area contributed by atoms with E-state index in [-0.39, 0.29) is 5.91 Å². The SMILES string of the molecule is CCN(Cc1ccc(N(C)C)cc1)C(=O)CCc1ncc(-c2ccccc2)o1. The van der Waals surface area contributed by atoms with Crippen LogP contribution in [0, 0.1) is 0 Å². The quantitative estimate of drug-likeness (QED) is 0.584. The van der Waals surface area contributed by atoms with E-state index in [0.29, 0.717) is 31.8 Å². The third-order valence-corrected chi connectivity index (χ3v) is 4.73. The van der Waals surface area contributed by atoms with E-state index >= 15 is 0 Å². The van der Waals surface area contributed by atoms with E-state index in [4.69, 9.17) is 4.42 Å². The number of carbonyl (C=O) groups is 1. The van der Waals surface area contributed by atoms with Gasteiger partial charge in [-0.05, 0) is 24.6 Å². The first kappa shape index (κ1) is 19.7. The minimum Gasteiger partial charge on any atom is -0.441 e. The molecule has 0 aliphatic carbocycles. The highest BCUT2D eigenvalue weighted by Gasteiger charge is 2.14. The maximum absolute atomic E-state index is 12.7. The summed E-state index contributed by atoms with van der Waals surface area (Å²) in [5.74, 6) is 1.44. The van der Waals surface area contributed by atoms with Gasteiger partial charge in [-0.15, -0.1) is 0 Å². The highest BCUT2D eigenvalue weighted by Crippen LogP contribution is 2.20. The predicted octanol–water partition coefficient (Wildman–Crippen LogP) is 4.39. The molecule has 1 amide bonds. The van der Waals surface area contributed by atoms with Gasteiger partial charge in [0.2, 0.25) is 5.91 Å². The molecule has 0 fully saturated rings. The van der Waals surface area contributed by atoms with Gasteiger partial charge in [-0.1, -0.05) is 42.5 Å². The van der Waals surface area contributed by atoms with Crippen LogP contribution in [0.1, 0.15) is 24.8 Å². The Balaban J connectivity index is 1.56. The van der Waals surface area contributed by atoms with E-state index in [0.717, 1.165) is 22.6 Å². The monoisotopic (exact) mass is 377 g/mol. The van der Waals surface area contributed by atoms with E-state index in [1.54, 1.807) is 6.20 Å². The Morgan fingerprint density at radius 1 is 1.04 bits per heavy atom. The van der Waals surface area contributed by atoms with Crippen LogP contribution in [0.15, 0.2) is 65.2 Å². The normalized spacial score (nSPS) is 10.7. The number of anilines is 1. The van der Waals surface area contributed by atoms with E-state index in [1.165, 1.54) is 0 Å². The van der Waals surface area contributed by atoms with Crippen LogP contribution in [0.3, 0.4) is 0 Å². The van der Waals surface area contributed by atoms with Crippen molar-refractivity contribution in [3.63, 3.8) is 0 Å². The Labute approximate surface area is 166 Å². The third-order valence-electron chi connectivity index (χ3n) is 4.73. The van der Waals surface area contributed by atoms with Crippen molar-refractivity contribution in [2.24, 2.45) is 0 Å². The molecule has 2 aromatic carbocycles. The standard InChI is InChI=1S/C23H27N3O2/c1-4-26(17-18-10-12-20(13-11-18)25(2)3)23(27)15-14-22-24-16-21(28-22)19-8-6-5-7-9-19/h5-13,16H,4,14-15,17H2,1-3H3. The van der Waals surface area contributed by atoms with E-state index in [1.807, 2.05) is 56.3 Å². The number of nitrogens with zero attached hydrogens (tertiary/aromatic N) is 3. The molecule has 1 heterocycles. The first-order valence-electron chi connectivity index (χ1n) is 9.61. The molecule has 28 heavy (non-hydrogen) atoms. The molecule has 3 rings (SSSR count). The maximum Gasteiger partial charge on any atom is 0.223 e. The Morgan fingerprint density at radius 2 is 1.75 bits per heavy atom. The Hall–Kier alpha value is -3.08. The minimum atomic E-state index is 0.110. The average Bonchev–Trinajstić information content (AvgIpc) is 3.20. The summed E-state index contributed by atoms with van der Waals surface area (Å²) >= 11 is 0. The summed E-state index contributed by atoms with van der Waals surface area (Å²) in [5.41, 5.74) is 3.27. The van der Waals surface area contributed by atoms with E-state index in [2.05, 4.69) is 34.1 Å². The molecule has 0 unspecified atom stereocenters. The number of aryl methyl sites for hydroxylation is 1. The second kappa shape index (κ2) is 9.22. The minimum absolute atomic E-state index is 0.110. The molecule has 146 valence electrons. The highest BCUT2D eigenvalue weighted by molar-refractivity contribution is 5.76. The van der Waals surface area contributed by atoms with Gasteiger partial charge >= 0.3 is 0 Å². The van der Waals surface area contributed by atoms with Crippen molar-refractivity contribution in [2.75, 3.05) is 25.5 Å². The van der Waals surface area contributed by atoms with Gasteiger partial charge in [0.25, 0.3) is 0 Å². The van der Waals surface area contributed by atoms with Crippen molar-refractivity contribution >= 4 is 11.6 Å². The topological polar surface area (TPSA) is 49.6 Å². The van der Waals surface area contributed by atoms with Gasteiger partial charge in [0.05, 0.1) is 6.20 Å². The zero-order valence-electron chi connectivity index (χ0n) is 16.8. The molecule has 0 aliphatic rings. The molecule has 0 saturated carbocycles. The lowest BCUT2D eigenvalue weighted by Gasteiger charge is -2.21. The molecule has 5 nitrogen and oxygen atoms in total. The second-order valence-corrected chi connectivity index (χ2v) is 6.95. The third kappa shape index (κ3) is 5.00. The largest absolute Gasteiger partial charge is 0.441 e. The van der Waals surface area contributed by atoms with Crippen LogP contribution < -0.4 is 4.90 Å². The van der Waals surface area contributed by atoms with Gasteiger partial charge < -0.3 is 14.2 Å². The lowest BCUT2D eigenvalue weighted by atomic mass is 10.1. The second-order valence-electron chi connectivity index (χ2n) is 6.95. The summed E-state index contributed by atoms with van der Waals surface area (Å²) in [6, 6.07) is 18.2. The Bertz CT molecular complexity index is 886. The summed E-state index contributed by atoms with van der Waals surface area (Å²) in [7, 11) is 4.03. The van der Waals surface area contributed by atoms with Gasteiger partial charge in [-0.2, -0.15) is 0 Å². The van der Waals surface area contributed by atoms with Gasteiger partial charge in [0.1, 0.15) is 0 Å². The number of hydrogen-bond acceptors (Lipinski definition) is 4. The number of carbonyl (C=O) groups excluding carboxylic acids is 1. The molecule has 0 radical (unpaired) electrons. The first-order valence-corrected chi connectivity index (χ1v) is 9.61. The van der Waals surface area contributed by atoms with Crippen LogP contribution in [0.2, 0.25) is 0 Å². The summed E-state index contributed by atoms with van der Waals surface area (Å²) in [4.78, 5) is 20.9. The zero-order chi connectivity index (χ0) is 19.9. The molecular formula is C23H27N3O2. The summed E-state index contributed by atoms with van der Waals surface area (Å²) in [6.07, 6.45) is 2.61. The molecule has 0 N–H and O–H groups in total. The van der Waals surface area contributed by atoms with Crippen molar-refractivity contribution in [3.8, 4) is 11.3 Å². The molecule has 0 saturated heterocycles. The fourth-order valence-electron chi connectivity index (χ4n) is 3.03. The van der Waals surface area contributed by atoms with Crippen LogP contribution >= 0.6 is 0 Å². The smallest absolute Gasteiger partial charge is 0.223 e. The molecular weight excluding hydrogens is 350 g/mol. The summed E-state index contributed by atoms with van der Waals surface area (Å²) in [6.45, 7) is 3.30. The van der Waals surface area contributed by atoms with Crippen LogP contribution in [0.4, 0.5) is 5.69 Å². The van der Waals surface area contributed by atoms with Crippen LogP contribution in [-0.2, 0) is 17.8 Å². The molecule has 1 aromatic heterocycles. The fourth-order valence-corrected chi connectivity index (χ4v) is 3.03. The van der Waals surface area contributed by atoms with Crippen molar-refractivity contribution in [3.05, 3.63) is 72.2 Å². The number of rotatable bonds is 8. The molecule has 0 spiro atoms. The van der Waals surface area contributed by atoms with Gasteiger partial charge in [0, 0.05) is 51.3 Å². The van der Waals surface area contributed by atoms with Crippen LogP contribution in [-0.4, -0.2) is 36.4 Å². The van der Waals surface area contributed by atoms with Gasteiger partial charge in [0.15, 0.2) is 11.7 Å². The zero-order valence-corrected chi connectivity index (χ0v) is 16.8. The molecule has 0 aliphatic heterocycles. The van der Waals surface area contributed by atoms with Crippen molar-refractivity contribution < 1.29 is 9.21 Å². The Kier molecular flexibility index (Phi) is 6.48. The predicted molar refractivity (Wildman–Crippen MR) is 112 cm³/mol. The van der Waals surface area contributed by atoms with Crippen molar-refractivity contribution in [1.29, 1.82) is 0 Å². The lowest BCUT2D eigenvalue weighted by molar-refractivity contribution is -0.131. The van der Waals surface area contributed by atoms with Crippen molar-refractivity contribution in [2.45, 2.75) is 26.3 Å². The maximum atomic E-state index is 12.7. The molecule has 3 aromatic rings. The fraction of sp³-hybridized carbons (Fsp3) is 0.304. The average molecular weight is 377 g/mol.